The average molecular weight is 310 g/mol. The van der Waals surface area contributed by atoms with E-state index in [1.807, 2.05) is 0 Å². The Kier molecular flexibility index (Phi) is 5.68. The van der Waals surface area contributed by atoms with Crippen LogP contribution in [0.4, 0.5) is 15.8 Å². The van der Waals surface area contributed by atoms with Crippen LogP contribution < -0.4 is 5.32 Å². The molecule has 1 aliphatic heterocycles. The summed E-state index contributed by atoms with van der Waals surface area (Å²) in [5, 5.41) is 14.1. The van der Waals surface area contributed by atoms with Gasteiger partial charge >= 0.3 is 0 Å². The Hall–Kier alpha value is -1.73. The van der Waals surface area contributed by atoms with Crippen LogP contribution in [-0.2, 0) is 0 Å². The van der Waals surface area contributed by atoms with Crippen LogP contribution in [0.15, 0.2) is 18.2 Å². The van der Waals surface area contributed by atoms with E-state index in [9.17, 15) is 14.5 Å². The third kappa shape index (κ3) is 4.14. The molecular weight excluding hydrogens is 287 g/mol. The topological polar surface area (TPSA) is 61.6 Å². The van der Waals surface area contributed by atoms with Gasteiger partial charge in [-0.05, 0) is 25.6 Å². The molecule has 1 atom stereocenters. The third-order valence-electron chi connectivity index (χ3n) is 4.22. The highest BCUT2D eigenvalue weighted by Gasteiger charge is 2.21. The first-order chi connectivity index (χ1) is 10.5. The number of piperazine rings is 1. The third-order valence-corrected chi connectivity index (χ3v) is 4.22. The second-order valence-corrected chi connectivity index (χ2v) is 5.62. The second-order valence-electron chi connectivity index (χ2n) is 5.62. The summed E-state index contributed by atoms with van der Waals surface area (Å²) < 4.78 is 13.1. The summed E-state index contributed by atoms with van der Waals surface area (Å²) in [5.74, 6) is -0.596. The van der Waals surface area contributed by atoms with Crippen molar-refractivity contribution in [2.45, 2.75) is 19.9 Å². The minimum absolute atomic E-state index is 0.219. The van der Waals surface area contributed by atoms with Gasteiger partial charge < -0.3 is 10.2 Å². The minimum Gasteiger partial charge on any atom is -0.378 e. The van der Waals surface area contributed by atoms with Crippen LogP contribution in [0, 0.1) is 15.9 Å². The van der Waals surface area contributed by atoms with Gasteiger partial charge in [-0.2, -0.15) is 0 Å². The molecule has 1 aromatic carbocycles. The largest absolute Gasteiger partial charge is 0.378 e. The molecule has 7 heteroatoms. The van der Waals surface area contributed by atoms with Crippen LogP contribution in [0.3, 0.4) is 0 Å². The molecule has 1 aliphatic rings. The van der Waals surface area contributed by atoms with Gasteiger partial charge in [0, 0.05) is 38.8 Å². The zero-order valence-electron chi connectivity index (χ0n) is 13.1. The minimum atomic E-state index is -0.596. The maximum Gasteiger partial charge on any atom is 0.295 e. The van der Waals surface area contributed by atoms with E-state index in [1.54, 1.807) is 0 Å². The lowest BCUT2D eigenvalue weighted by Crippen LogP contribution is -2.51. The van der Waals surface area contributed by atoms with Gasteiger partial charge in [-0.25, -0.2) is 4.39 Å². The fourth-order valence-electron chi connectivity index (χ4n) is 2.71. The van der Waals surface area contributed by atoms with E-state index in [2.05, 4.69) is 29.0 Å². The zero-order chi connectivity index (χ0) is 16.1. The van der Waals surface area contributed by atoms with Crippen LogP contribution in [-0.4, -0.2) is 60.0 Å². The van der Waals surface area contributed by atoms with Crippen LogP contribution in [0.2, 0.25) is 0 Å². The Morgan fingerprint density at radius 1 is 1.36 bits per heavy atom. The number of hydrogen-bond donors (Lipinski definition) is 1. The van der Waals surface area contributed by atoms with Crippen molar-refractivity contribution in [3.63, 3.8) is 0 Å². The summed E-state index contributed by atoms with van der Waals surface area (Å²) in [5.41, 5.74) is 0.147. The normalized spacial score (nSPS) is 18.1. The number of nitro groups is 1. The van der Waals surface area contributed by atoms with E-state index in [4.69, 9.17) is 0 Å². The SMILES string of the molecule is CCN1CCN(C(C)CNc2ccc(F)cc2[N+](=O)[O-])CC1. The summed E-state index contributed by atoms with van der Waals surface area (Å²) >= 11 is 0. The number of rotatable bonds is 6. The maximum atomic E-state index is 13.1. The molecular formula is C15H23FN4O2. The second kappa shape index (κ2) is 7.51. The van der Waals surface area contributed by atoms with Gasteiger partial charge in [-0.1, -0.05) is 6.92 Å². The Morgan fingerprint density at radius 3 is 2.64 bits per heavy atom. The summed E-state index contributed by atoms with van der Waals surface area (Å²) in [6, 6.07) is 3.88. The van der Waals surface area contributed by atoms with E-state index in [-0.39, 0.29) is 11.7 Å². The number of nitro benzene ring substituents is 1. The Labute approximate surface area is 130 Å². The summed E-state index contributed by atoms with van der Waals surface area (Å²) in [6.45, 7) is 10.0. The Balaban J connectivity index is 1.91. The van der Waals surface area contributed by atoms with Crippen molar-refractivity contribution >= 4 is 11.4 Å². The molecule has 0 aliphatic carbocycles. The molecule has 0 radical (unpaired) electrons. The van der Waals surface area contributed by atoms with Crippen molar-refractivity contribution < 1.29 is 9.31 Å². The first kappa shape index (κ1) is 16.6. The Morgan fingerprint density at radius 2 is 2.05 bits per heavy atom. The highest BCUT2D eigenvalue weighted by atomic mass is 19.1. The fraction of sp³-hybridized carbons (Fsp3) is 0.600. The van der Waals surface area contributed by atoms with Gasteiger partial charge in [0.15, 0.2) is 0 Å². The van der Waals surface area contributed by atoms with Crippen LogP contribution >= 0.6 is 0 Å². The average Bonchev–Trinajstić information content (AvgIpc) is 2.53. The molecule has 22 heavy (non-hydrogen) atoms. The highest BCUT2D eigenvalue weighted by molar-refractivity contribution is 5.61. The standard InChI is InChI=1S/C15H23FN4O2/c1-3-18-6-8-19(9-7-18)12(2)11-17-14-5-4-13(16)10-15(14)20(21)22/h4-5,10,12,17H,3,6-9,11H2,1-2H3. The van der Waals surface area contributed by atoms with Crippen molar-refractivity contribution in [1.82, 2.24) is 9.80 Å². The first-order valence-electron chi connectivity index (χ1n) is 7.65. The van der Waals surface area contributed by atoms with E-state index in [0.29, 0.717) is 12.2 Å². The first-order valence-corrected chi connectivity index (χ1v) is 7.65. The smallest absolute Gasteiger partial charge is 0.295 e. The molecule has 6 nitrogen and oxygen atoms in total. The quantitative estimate of drug-likeness (QED) is 0.644. The van der Waals surface area contributed by atoms with Gasteiger partial charge in [0.25, 0.3) is 5.69 Å². The van der Waals surface area contributed by atoms with Crippen molar-refractivity contribution in [2.75, 3.05) is 44.6 Å². The molecule has 0 aromatic heterocycles. The van der Waals surface area contributed by atoms with E-state index in [0.717, 1.165) is 38.8 Å². The van der Waals surface area contributed by atoms with Crippen molar-refractivity contribution in [2.24, 2.45) is 0 Å². The molecule has 2 rings (SSSR count). The molecule has 0 saturated carbocycles. The molecule has 1 fully saturated rings. The molecule has 0 spiro atoms. The van der Waals surface area contributed by atoms with Gasteiger partial charge in [-0.15, -0.1) is 0 Å². The number of hydrogen-bond acceptors (Lipinski definition) is 5. The highest BCUT2D eigenvalue weighted by Crippen LogP contribution is 2.25. The number of halogens is 1. The predicted octanol–water partition coefficient (Wildman–Crippen LogP) is 2.17. The molecule has 0 bridgehead atoms. The summed E-state index contributed by atoms with van der Waals surface area (Å²) in [7, 11) is 0. The van der Waals surface area contributed by atoms with Crippen molar-refractivity contribution in [3.8, 4) is 0 Å². The number of nitrogens with one attached hydrogen (secondary N) is 1. The van der Waals surface area contributed by atoms with Crippen LogP contribution in [0.5, 0.6) is 0 Å². The Bertz CT molecular complexity index is 518. The molecule has 1 saturated heterocycles. The van der Waals surface area contributed by atoms with Crippen molar-refractivity contribution in [1.29, 1.82) is 0 Å². The fourth-order valence-corrected chi connectivity index (χ4v) is 2.71. The predicted molar refractivity (Wildman–Crippen MR) is 84.7 cm³/mol. The van der Waals surface area contributed by atoms with E-state index in [1.165, 1.54) is 12.1 Å². The molecule has 1 aromatic rings. The van der Waals surface area contributed by atoms with Gasteiger partial charge in [0.1, 0.15) is 11.5 Å². The molecule has 122 valence electrons. The summed E-state index contributed by atoms with van der Waals surface area (Å²) in [6.07, 6.45) is 0. The van der Waals surface area contributed by atoms with E-state index >= 15 is 0 Å². The van der Waals surface area contributed by atoms with Gasteiger partial charge in [-0.3, -0.25) is 15.0 Å². The number of nitrogens with zero attached hydrogens (tertiary/aromatic N) is 3. The number of anilines is 1. The monoisotopic (exact) mass is 310 g/mol. The lowest BCUT2D eigenvalue weighted by Gasteiger charge is -2.37. The summed E-state index contributed by atoms with van der Waals surface area (Å²) in [4.78, 5) is 15.2. The number of benzene rings is 1. The molecule has 1 N–H and O–H groups in total. The lowest BCUT2D eigenvalue weighted by atomic mass is 10.2. The molecule has 1 unspecified atom stereocenters. The van der Waals surface area contributed by atoms with Crippen molar-refractivity contribution in [3.05, 3.63) is 34.1 Å². The van der Waals surface area contributed by atoms with Crippen LogP contribution in [0.1, 0.15) is 13.8 Å². The molecule has 1 heterocycles. The van der Waals surface area contributed by atoms with Gasteiger partial charge in [0.2, 0.25) is 0 Å². The molecule has 0 amide bonds. The number of likely N-dealkylation sites (N-methyl/N-ethyl adjacent to an activating group) is 1. The maximum absolute atomic E-state index is 13.1. The zero-order valence-corrected chi connectivity index (χ0v) is 13.1. The lowest BCUT2D eigenvalue weighted by molar-refractivity contribution is -0.384. The van der Waals surface area contributed by atoms with Gasteiger partial charge in [0.05, 0.1) is 11.0 Å². The van der Waals surface area contributed by atoms with Crippen LogP contribution in [0.25, 0.3) is 0 Å². The van der Waals surface area contributed by atoms with E-state index < -0.39 is 10.7 Å².